The van der Waals surface area contributed by atoms with E-state index in [2.05, 4.69) is 0 Å². The molecular formula is H9AlCaLa2MnNiO2. The van der Waals surface area contributed by atoms with Crippen molar-refractivity contribution in [3.05, 3.63) is 0 Å². The Kier molecular flexibility index (Phi) is 526. The summed E-state index contributed by atoms with van der Waals surface area (Å²) in [6.07, 6.45) is 0. The van der Waals surface area contributed by atoms with E-state index in [1.54, 1.807) is 0 Å². The van der Waals surface area contributed by atoms with E-state index in [1.807, 2.05) is 0 Å². The van der Waals surface area contributed by atoms with Crippen LogP contribution in [0, 0.1) is 71.2 Å². The van der Waals surface area contributed by atoms with Crippen molar-refractivity contribution < 1.29 is 116 Å². The van der Waals surface area contributed by atoms with Crippen LogP contribution in [-0.2, 0) is 33.6 Å². The molecule has 0 aliphatic carbocycles. The molecule has 0 unspecified atom stereocenters. The third kappa shape index (κ3) is 43.5. The second kappa shape index (κ2) is 57.2. The molecule has 0 saturated carbocycles. The van der Waals surface area contributed by atoms with Crippen LogP contribution in [0.5, 0.6) is 0 Å². The Bertz CT molecular complexity index is 20.0. The van der Waals surface area contributed by atoms with Gasteiger partial charge in [0.2, 0.25) is 0 Å². The van der Waals surface area contributed by atoms with Crippen LogP contribution in [0.3, 0.4) is 0 Å². The van der Waals surface area contributed by atoms with Crippen molar-refractivity contribution >= 4 is 55.1 Å². The van der Waals surface area contributed by atoms with Crippen molar-refractivity contribution in [3.63, 3.8) is 0 Å². The monoisotopic (exact) mass is 499 g/mol. The maximum Gasteiger partial charge on any atom is 0 e. The SMILES string of the molecule is O.O.[AlH3].[CaH2].[La].[La].[Mn].[Ni]. The first-order valence-electron chi connectivity index (χ1n) is 0. The Morgan fingerprint density at radius 3 is 0.750 bits per heavy atom. The topological polar surface area (TPSA) is 63.0 Å². The Hall–Kier alpha value is 5.11. The minimum absolute atomic E-state index is 0. The fourth-order valence-electron chi connectivity index (χ4n) is 0. The molecule has 4 N–H and O–H groups in total. The molecule has 3 radical (unpaired) electrons. The van der Waals surface area contributed by atoms with Crippen LogP contribution in [0.2, 0.25) is 0 Å². The van der Waals surface area contributed by atoms with Crippen LogP contribution in [-0.4, -0.2) is 66.1 Å². The van der Waals surface area contributed by atoms with E-state index in [4.69, 9.17) is 0 Å². The quantitative estimate of drug-likeness (QED) is 0.308. The third-order valence-corrected chi connectivity index (χ3v) is 0. The van der Waals surface area contributed by atoms with E-state index in [-0.39, 0.29) is 171 Å². The predicted molar refractivity (Wildman–Crippen MR) is 25.7 cm³/mol. The largest absolute Gasteiger partial charge is 0 e. The summed E-state index contributed by atoms with van der Waals surface area (Å²) in [4.78, 5) is 0. The van der Waals surface area contributed by atoms with Gasteiger partial charge in [-0.1, -0.05) is 0 Å². The Morgan fingerprint density at radius 1 is 0.750 bits per heavy atom. The van der Waals surface area contributed by atoms with Gasteiger partial charge >= 0.3 is 37.7 Å². The summed E-state index contributed by atoms with van der Waals surface area (Å²) in [7, 11) is 0. The van der Waals surface area contributed by atoms with E-state index in [9.17, 15) is 0 Å². The van der Waals surface area contributed by atoms with Crippen molar-refractivity contribution in [2.24, 2.45) is 0 Å². The first kappa shape index (κ1) is 73.6. The van der Waals surface area contributed by atoms with E-state index in [0.717, 1.165) is 0 Å². The molecule has 0 saturated heterocycles. The van der Waals surface area contributed by atoms with Crippen molar-refractivity contribution in [3.8, 4) is 0 Å². The zero-order valence-electron chi connectivity index (χ0n) is 2.85. The molecule has 0 bridgehead atoms. The summed E-state index contributed by atoms with van der Waals surface area (Å²) in [5.41, 5.74) is 0. The van der Waals surface area contributed by atoms with E-state index in [1.165, 1.54) is 0 Å². The maximum atomic E-state index is 0. The van der Waals surface area contributed by atoms with Gasteiger partial charge in [-0.2, -0.15) is 0 Å². The Labute approximate surface area is 166 Å². The molecule has 0 heterocycles. The summed E-state index contributed by atoms with van der Waals surface area (Å²) < 4.78 is 0. The van der Waals surface area contributed by atoms with E-state index >= 15 is 0 Å². The van der Waals surface area contributed by atoms with Gasteiger partial charge in [0.15, 0.2) is 17.4 Å². The second-order valence-electron chi connectivity index (χ2n) is 0. The number of hydrogen-bond acceptors (Lipinski definition) is 0. The Morgan fingerprint density at radius 2 is 0.750 bits per heavy atom. The van der Waals surface area contributed by atoms with Gasteiger partial charge in [0.05, 0.1) is 0 Å². The third-order valence-electron chi connectivity index (χ3n) is 0. The molecule has 0 atom stereocenters. The Balaban J connectivity index is 0. The van der Waals surface area contributed by atoms with Gasteiger partial charge in [0.1, 0.15) is 0 Å². The van der Waals surface area contributed by atoms with E-state index < -0.39 is 0 Å². The molecular weight excluding hydrogens is 491 g/mol. The van der Waals surface area contributed by atoms with E-state index in [0.29, 0.717) is 0 Å². The maximum absolute atomic E-state index is 0. The number of rotatable bonds is 0. The van der Waals surface area contributed by atoms with Crippen molar-refractivity contribution in [2.75, 3.05) is 0 Å². The van der Waals surface area contributed by atoms with Gasteiger partial charge < -0.3 is 11.0 Å². The first-order valence-corrected chi connectivity index (χ1v) is 0. The molecule has 8 heteroatoms. The molecule has 0 spiro atoms. The van der Waals surface area contributed by atoms with Gasteiger partial charge in [-0.15, -0.1) is 0 Å². The average molecular weight is 500 g/mol. The van der Waals surface area contributed by atoms with Gasteiger partial charge in [-0.3, -0.25) is 0 Å². The summed E-state index contributed by atoms with van der Waals surface area (Å²) >= 11 is 0. The summed E-state index contributed by atoms with van der Waals surface area (Å²) in [5, 5.41) is 0. The molecule has 8 heavy (non-hydrogen) atoms. The minimum atomic E-state index is 0. The van der Waals surface area contributed by atoms with Crippen molar-refractivity contribution in [1.29, 1.82) is 0 Å². The summed E-state index contributed by atoms with van der Waals surface area (Å²) in [5.74, 6) is 0. The summed E-state index contributed by atoms with van der Waals surface area (Å²) in [6.45, 7) is 0. The molecule has 2 nitrogen and oxygen atoms in total. The zero-order valence-corrected chi connectivity index (χ0v) is 12.3. The van der Waals surface area contributed by atoms with Crippen LogP contribution < -0.4 is 0 Å². The predicted octanol–water partition coefficient (Wildman–Crippen LogP) is -3.75. The second-order valence-corrected chi connectivity index (χ2v) is 0. The van der Waals surface area contributed by atoms with Crippen LogP contribution in [0.15, 0.2) is 0 Å². The average Bonchev–Trinajstić information content (AvgIpc) is 0. The fourth-order valence-corrected chi connectivity index (χ4v) is 0. The van der Waals surface area contributed by atoms with Crippen molar-refractivity contribution in [1.82, 2.24) is 0 Å². The molecule has 49 valence electrons. The molecule has 0 aliphatic rings. The molecule has 0 amide bonds. The van der Waals surface area contributed by atoms with Gasteiger partial charge in [0.25, 0.3) is 0 Å². The normalized spacial score (nSPS) is 0. The van der Waals surface area contributed by atoms with Gasteiger partial charge in [-0.25, -0.2) is 0 Å². The smallest absolute Gasteiger partial charge is 0 e. The zero-order chi connectivity index (χ0) is 0. The van der Waals surface area contributed by atoms with Crippen LogP contribution >= 0.6 is 0 Å². The fraction of sp³-hybridized carbons (Fsp3) is 0. The molecule has 0 aromatic rings. The molecule has 0 aromatic carbocycles. The molecule has 0 aliphatic heterocycles. The summed E-state index contributed by atoms with van der Waals surface area (Å²) in [6, 6.07) is 0. The van der Waals surface area contributed by atoms with Crippen molar-refractivity contribution in [2.45, 2.75) is 0 Å². The minimum Gasteiger partial charge on any atom is 0 e. The molecule has 0 rings (SSSR count). The molecule has 0 aromatic heterocycles. The van der Waals surface area contributed by atoms with Gasteiger partial charge in [-0.05, 0) is 0 Å². The number of hydrogen-bond donors (Lipinski definition) is 0. The van der Waals surface area contributed by atoms with Crippen LogP contribution in [0.1, 0.15) is 0 Å². The first-order chi connectivity index (χ1) is 0. The van der Waals surface area contributed by atoms with Gasteiger partial charge in [0, 0.05) is 105 Å². The van der Waals surface area contributed by atoms with Crippen LogP contribution in [0.4, 0.5) is 0 Å². The van der Waals surface area contributed by atoms with Crippen LogP contribution in [0.25, 0.3) is 0 Å². The molecule has 0 fully saturated rings. The standard InChI is InChI=1S/Al.Ca.2La.Mn.Ni.2H2O.5H/h;;;;;;2*1H2;;;;;.